The Bertz CT molecular complexity index is 347. The second-order valence-electron chi connectivity index (χ2n) is 1.79. The number of aromatic nitrogens is 2. The Balaban J connectivity index is 3.59. The first-order valence-corrected chi connectivity index (χ1v) is 3.36. The Morgan fingerprint density at radius 3 is 2.64 bits per heavy atom. The normalized spacial score (nSPS) is 9.91. The molecule has 0 amide bonds. The van der Waals surface area contributed by atoms with Gasteiger partial charge in [-0.2, -0.15) is 4.98 Å². The molecule has 1 heterocycles. The van der Waals surface area contributed by atoms with Gasteiger partial charge in [0, 0.05) is 0 Å². The van der Waals surface area contributed by atoms with E-state index in [0.29, 0.717) is 4.73 Å². The summed E-state index contributed by atoms with van der Waals surface area (Å²) in [5.74, 6) is -0.502. The lowest BCUT2D eigenvalue weighted by Gasteiger charge is -2.04. The Kier molecular flexibility index (Phi) is 1.73. The highest BCUT2D eigenvalue weighted by molar-refractivity contribution is 9.10. The molecule has 6 nitrogen and oxygen atoms in total. The zero-order chi connectivity index (χ0) is 8.59. The van der Waals surface area contributed by atoms with Crippen molar-refractivity contribution in [2.75, 3.05) is 11.5 Å². The van der Waals surface area contributed by atoms with Crippen LogP contribution in [0.1, 0.15) is 0 Å². The molecule has 1 rings (SSSR count). The van der Waals surface area contributed by atoms with E-state index in [9.17, 15) is 4.79 Å². The summed E-state index contributed by atoms with van der Waals surface area (Å²) in [7, 11) is 0. The number of nitrogen functional groups attached to an aromatic ring is 2. The van der Waals surface area contributed by atoms with Gasteiger partial charge in [0.25, 0.3) is 5.56 Å². The van der Waals surface area contributed by atoms with Crippen LogP contribution < -0.4 is 17.0 Å². The van der Waals surface area contributed by atoms with Gasteiger partial charge in [0.2, 0.25) is 5.95 Å². The molecule has 1 aromatic rings. The molecule has 0 aliphatic heterocycles. The predicted octanol–water partition coefficient (Wildman–Crippen LogP) is -0.593. The van der Waals surface area contributed by atoms with E-state index in [1.807, 2.05) is 0 Å². The molecule has 0 radical (unpaired) electrons. The summed E-state index contributed by atoms with van der Waals surface area (Å²) in [5.41, 5.74) is 9.71. The van der Waals surface area contributed by atoms with Crippen LogP contribution in [0.5, 0.6) is 0 Å². The van der Waals surface area contributed by atoms with Crippen molar-refractivity contribution < 1.29 is 5.21 Å². The summed E-state index contributed by atoms with van der Waals surface area (Å²) in [4.78, 5) is 14.0. The summed E-state index contributed by atoms with van der Waals surface area (Å²) >= 11 is 2.83. The molecule has 0 aromatic carbocycles. The first-order valence-electron chi connectivity index (χ1n) is 2.56. The molecule has 60 valence electrons. The smallest absolute Gasteiger partial charge is 0.291 e. The SMILES string of the molecule is Nc1nc(=O)c(Br)c(N)n1O. The van der Waals surface area contributed by atoms with E-state index in [1.54, 1.807) is 0 Å². The Morgan fingerprint density at radius 1 is 1.55 bits per heavy atom. The highest BCUT2D eigenvalue weighted by atomic mass is 79.9. The number of halogens is 1. The molecular weight excluding hydrogens is 216 g/mol. The average Bonchev–Trinajstić information content (AvgIpc) is 1.97. The average molecular weight is 221 g/mol. The fourth-order valence-corrected chi connectivity index (χ4v) is 0.783. The highest BCUT2D eigenvalue weighted by Gasteiger charge is 2.08. The van der Waals surface area contributed by atoms with Crippen LogP contribution in [-0.2, 0) is 0 Å². The van der Waals surface area contributed by atoms with Crippen molar-refractivity contribution in [3.63, 3.8) is 0 Å². The van der Waals surface area contributed by atoms with Gasteiger partial charge in [-0.1, -0.05) is 0 Å². The second-order valence-corrected chi connectivity index (χ2v) is 2.58. The number of rotatable bonds is 0. The molecule has 0 saturated heterocycles. The van der Waals surface area contributed by atoms with Crippen LogP contribution in [-0.4, -0.2) is 14.9 Å². The van der Waals surface area contributed by atoms with Crippen LogP contribution in [0.15, 0.2) is 9.27 Å². The largest absolute Gasteiger partial charge is 0.424 e. The standard InChI is InChI=1S/C4H5BrN4O2/c5-1-2(6)9(11)4(7)8-3(1)10/h11H,6H2,(H2,7,8,10). The molecule has 0 bridgehead atoms. The van der Waals surface area contributed by atoms with E-state index in [1.165, 1.54) is 0 Å². The van der Waals surface area contributed by atoms with E-state index >= 15 is 0 Å². The van der Waals surface area contributed by atoms with Crippen molar-refractivity contribution in [3.05, 3.63) is 14.8 Å². The third kappa shape index (κ3) is 1.14. The van der Waals surface area contributed by atoms with E-state index in [2.05, 4.69) is 20.9 Å². The maximum atomic E-state index is 10.8. The number of hydrogen-bond donors (Lipinski definition) is 3. The fraction of sp³-hybridized carbons (Fsp3) is 0. The molecule has 5 N–H and O–H groups in total. The summed E-state index contributed by atoms with van der Waals surface area (Å²) < 4.78 is 0.417. The van der Waals surface area contributed by atoms with Gasteiger partial charge in [-0.05, 0) is 15.9 Å². The van der Waals surface area contributed by atoms with Crippen molar-refractivity contribution in [3.8, 4) is 0 Å². The quantitative estimate of drug-likeness (QED) is 0.507. The van der Waals surface area contributed by atoms with Crippen LogP contribution in [0.2, 0.25) is 0 Å². The minimum atomic E-state index is -0.606. The number of anilines is 2. The second kappa shape index (κ2) is 2.42. The highest BCUT2D eigenvalue weighted by Crippen LogP contribution is 2.13. The Morgan fingerprint density at radius 2 is 2.09 bits per heavy atom. The van der Waals surface area contributed by atoms with Crippen molar-refractivity contribution in [2.45, 2.75) is 0 Å². The molecule has 1 aromatic heterocycles. The molecule has 0 aliphatic carbocycles. The van der Waals surface area contributed by atoms with E-state index < -0.39 is 5.56 Å². The molecule has 0 fully saturated rings. The molecule has 0 aliphatic rings. The zero-order valence-electron chi connectivity index (χ0n) is 5.28. The minimum Gasteiger partial charge on any atom is -0.424 e. The van der Waals surface area contributed by atoms with Gasteiger partial charge in [-0.15, -0.1) is 4.73 Å². The predicted molar refractivity (Wildman–Crippen MR) is 42.2 cm³/mol. The maximum Gasteiger partial charge on any atom is 0.291 e. The summed E-state index contributed by atoms with van der Waals surface area (Å²) in [6.45, 7) is 0. The topological polar surface area (TPSA) is 107 Å². The van der Waals surface area contributed by atoms with Crippen LogP contribution in [0.3, 0.4) is 0 Å². The third-order valence-corrected chi connectivity index (χ3v) is 1.82. The number of nitrogens with zero attached hydrogens (tertiary/aromatic N) is 2. The number of nitrogens with two attached hydrogens (primary N) is 2. The van der Waals surface area contributed by atoms with E-state index in [0.717, 1.165) is 0 Å². The lowest BCUT2D eigenvalue weighted by Crippen LogP contribution is -2.19. The Labute approximate surface area is 69.5 Å². The molecule has 0 unspecified atom stereocenters. The summed E-state index contributed by atoms with van der Waals surface area (Å²) in [6.07, 6.45) is 0. The Hall–Kier alpha value is -1.24. The van der Waals surface area contributed by atoms with Crippen molar-refractivity contribution in [2.24, 2.45) is 0 Å². The molecule has 0 atom stereocenters. The lowest BCUT2D eigenvalue weighted by atomic mass is 10.6. The zero-order valence-corrected chi connectivity index (χ0v) is 6.87. The van der Waals surface area contributed by atoms with Crippen molar-refractivity contribution in [1.29, 1.82) is 0 Å². The lowest BCUT2D eigenvalue weighted by molar-refractivity contribution is 0.193. The molecule has 0 spiro atoms. The molecule has 7 heteroatoms. The van der Waals surface area contributed by atoms with Crippen LogP contribution in [0.25, 0.3) is 0 Å². The van der Waals surface area contributed by atoms with Crippen LogP contribution >= 0.6 is 15.9 Å². The first kappa shape index (κ1) is 7.86. The molecule has 0 saturated carbocycles. The fourth-order valence-electron chi connectivity index (χ4n) is 0.526. The van der Waals surface area contributed by atoms with Crippen molar-refractivity contribution >= 4 is 27.7 Å². The van der Waals surface area contributed by atoms with Gasteiger partial charge >= 0.3 is 0 Å². The van der Waals surface area contributed by atoms with Crippen LogP contribution in [0.4, 0.5) is 11.8 Å². The van der Waals surface area contributed by atoms with Crippen molar-refractivity contribution in [1.82, 2.24) is 9.71 Å². The van der Waals surface area contributed by atoms with Gasteiger partial charge in [0.05, 0.1) is 0 Å². The van der Waals surface area contributed by atoms with Gasteiger partial charge in [0.1, 0.15) is 4.47 Å². The first-order chi connectivity index (χ1) is 5.04. The summed E-state index contributed by atoms with van der Waals surface area (Å²) in [6, 6.07) is 0. The number of hydrogen-bond acceptors (Lipinski definition) is 5. The monoisotopic (exact) mass is 220 g/mol. The molecule has 11 heavy (non-hydrogen) atoms. The van der Waals surface area contributed by atoms with Gasteiger partial charge in [0.15, 0.2) is 5.82 Å². The van der Waals surface area contributed by atoms with Crippen LogP contribution in [0, 0.1) is 0 Å². The van der Waals surface area contributed by atoms with Gasteiger partial charge < -0.3 is 16.7 Å². The minimum absolute atomic E-state index is 0.00537. The molecular formula is C4H5BrN4O2. The van der Waals surface area contributed by atoms with E-state index in [-0.39, 0.29) is 16.2 Å². The third-order valence-electron chi connectivity index (χ3n) is 1.07. The van der Waals surface area contributed by atoms with Gasteiger partial charge in [-0.3, -0.25) is 4.79 Å². The van der Waals surface area contributed by atoms with E-state index in [4.69, 9.17) is 16.7 Å². The van der Waals surface area contributed by atoms with Gasteiger partial charge in [-0.25, -0.2) is 0 Å². The summed E-state index contributed by atoms with van der Waals surface area (Å²) in [5, 5.41) is 8.95. The maximum absolute atomic E-state index is 10.8.